The number of pyridine rings is 1. The van der Waals surface area contributed by atoms with Gasteiger partial charge in [-0.05, 0) is 41.5 Å². The lowest BCUT2D eigenvalue weighted by molar-refractivity contribution is -0.116. The number of anilines is 2. The number of aromatic nitrogens is 1. The third-order valence-corrected chi connectivity index (χ3v) is 4.84. The zero-order valence-corrected chi connectivity index (χ0v) is 16.7. The van der Waals surface area contributed by atoms with Crippen molar-refractivity contribution in [2.24, 2.45) is 0 Å². The van der Waals surface area contributed by atoms with E-state index in [0.717, 1.165) is 11.1 Å². The van der Waals surface area contributed by atoms with Gasteiger partial charge in [0.05, 0.1) is 11.5 Å². The molecule has 0 saturated heterocycles. The number of rotatable bonds is 6. The molecule has 0 aliphatic rings. The summed E-state index contributed by atoms with van der Waals surface area (Å²) in [6, 6.07) is 29.8. The van der Waals surface area contributed by atoms with Crippen molar-refractivity contribution in [2.45, 2.75) is 5.92 Å². The zero-order valence-electron chi connectivity index (χ0n) is 16.7. The molecule has 5 heteroatoms. The Morgan fingerprint density at radius 2 is 1.29 bits per heavy atom. The molecule has 4 aromatic rings. The molecule has 2 amide bonds. The molecular formula is C26H21N3O2. The van der Waals surface area contributed by atoms with Gasteiger partial charge < -0.3 is 10.6 Å². The van der Waals surface area contributed by atoms with E-state index in [1.165, 1.54) is 6.20 Å². The molecule has 0 radical (unpaired) electrons. The summed E-state index contributed by atoms with van der Waals surface area (Å²) in [5.41, 5.74) is 3.47. The highest BCUT2D eigenvalue weighted by atomic mass is 16.2. The minimum absolute atomic E-state index is 0.145. The van der Waals surface area contributed by atoms with Crippen molar-refractivity contribution in [2.75, 3.05) is 10.6 Å². The monoisotopic (exact) mass is 407 g/mol. The first-order chi connectivity index (χ1) is 15.2. The Morgan fingerprint density at radius 3 is 1.87 bits per heavy atom. The van der Waals surface area contributed by atoms with E-state index in [1.807, 2.05) is 60.7 Å². The van der Waals surface area contributed by atoms with Gasteiger partial charge in [0.15, 0.2) is 0 Å². The molecule has 31 heavy (non-hydrogen) atoms. The highest BCUT2D eigenvalue weighted by Crippen LogP contribution is 2.27. The third kappa shape index (κ3) is 5.03. The molecule has 0 spiro atoms. The van der Waals surface area contributed by atoms with Crippen LogP contribution in [0.25, 0.3) is 0 Å². The van der Waals surface area contributed by atoms with Crippen molar-refractivity contribution in [3.05, 3.63) is 126 Å². The molecule has 0 aliphatic heterocycles. The predicted octanol–water partition coefficient (Wildman–Crippen LogP) is 5.10. The third-order valence-electron chi connectivity index (χ3n) is 4.84. The van der Waals surface area contributed by atoms with Crippen LogP contribution in [-0.2, 0) is 4.79 Å². The Morgan fingerprint density at radius 1 is 0.677 bits per heavy atom. The second-order valence-electron chi connectivity index (χ2n) is 7.02. The SMILES string of the molecule is O=C(Nc1cccc(NC(=O)C(c2ccccc2)c2ccccc2)c1)c1cccnc1. The van der Waals surface area contributed by atoms with Crippen molar-refractivity contribution in [1.29, 1.82) is 0 Å². The van der Waals surface area contributed by atoms with Gasteiger partial charge in [0.25, 0.3) is 5.91 Å². The summed E-state index contributed by atoms with van der Waals surface area (Å²) < 4.78 is 0. The molecule has 0 atom stereocenters. The second-order valence-corrected chi connectivity index (χ2v) is 7.02. The van der Waals surface area contributed by atoms with Crippen LogP contribution < -0.4 is 10.6 Å². The van der Waals surface area contributed by atoms with Gasteiger partial charge >= 0.3 is 0 Å². The van der Waals surface area contributed by atoms with E-state index in [0.29, 0.717) is 16.9 Å². The maximum absolute atomic E-state index is 13.3. The van der Waals surface area contributed by atoms with Crippen LogP contribution in [0.2, 0.25) is 0 Å². The first-order valence-corrected chi connectivity index (χ1v) is 9.93. The lowest BCUT2D eigenvalue weighted by Gasteiger charge is -2.18. The zero-order chi connectivity index (χ0) is 21.5. The molecule has 152 valence electrons. The Bertz CT molecular complexity index is 1120. The summed E-state index contributed by atoms with van der Waals surface area (Å²) in [5, 5.41) is 5.82. The average molecular weight is 407 g/mol. The van der Waals surface area contributed by atoms with Crippen LogP contribution in [0.4, 0.5) is 11.4 Å². The van der Waals surface area contributed by atoms with E-state index in [-0.39, 0.29) is 11.8 Å². The molecule has 3 aromatic carbocycles. The Hall–Kier alpha value is -4.25. The molecule has 0 saturated carbocycles. The first-order valence-electron chi connectivity index (χ1n) is 9.93. The number of nitrogens with zero attached hydrogens (tertiary/aromatic N) is 1. The number of benzene rings is 3. The maximum Gasteiger partial charge on any atom is 0.257 e. The fourth-order valence-corrected chi connectivity index (χ4v) is 3.38. The lowest BCUT2D eigenvalue weighted by Crippen LogP contribution is -2.22. The van der Waals surface area contributed by atoms with Gasteiger partial charge in [0.2, 0.25) is 5.91 Å². The Balaban J connectivity index is 1.54. The van der Waals surface area contributed by atoms with Gasteiger partial charge in [-0.15, -0.1) is 0 Å². The second kappa shape index (κ2) is 9.50. The summed E-state index contributed by atoms with van der Waals surface area (Å²) in [5.74, 6) is -0.854. The molecule has 0 bridgehead atoms. The Labute approximate surface area is 180 Å². The lowest BCUT2D eigenvalue weighted by atomic mass is 9.90. The van der Waals surface area contributed by atoms with Crippen LogP contribution in [0, 0.1) is 0 Å². The van der Waals surface area contributed by atoms with E-state index in [9.17, 15) is 9.59 Å². The van der Waals surface area contributed by atoms with Crippen molar-refractivity contribution < 1.29 is 9.59 Å². The van der Waals surface area contributed by atoms with E-state index in [1.54, 1.807) is 42.6 Å². The van der Waals surface area contributed by atoms with E-state index < -0.39 is 5.92 Å². The highest BCUT2D eigenvalue weighted by molar-refractivity contribution is 6.04. The van der Waals surface area contributed by atoms with Gasteiger partial charge in [-0.2, -0.15) is 0 Å². The van der Waals surface area contributed by atoms with Crippen molar-refractivity contribution in [1.82, 2.24) is 4.98 Å². The van der Waals surface area contributed by atoms with Crippen LogP contribution in [0.5, 0.6) is 0 Å². The standard InChI is InChI=1S/C26H21N3O2/c30-25(21-13-8-16-27-18-21)28-22-14-7-15-23(17-22)29-26(31)24(19-9-3-1-4-10-19)20-11-5-2-6-12-20/h1-18,24H,(H,28,30)(H,29,31). The van der Waals surface area contributed by atoms with Crippen LogP contribution in [0.15, 0.2) is 109 Å². The summed E-state index contributed by atoms with van der Waals surface area (Å²) in [6.07, 6.45) is 3.12. The molecule has 1 heterocycles. The topological polar surface area (TPSA) is 71.1 Å². The normalized spacial score (nSPS) is 10.5. The van der Waals surface area contributed by atoms with Crippen molar-refractivity contribution >= 4 is 23.2 Å². The Kier molecular flexibility index (Phi) is 6.14. The number of nitrogens with one attached hydrogen (secondary N) is 2. The average Bonchev–Trinajstić information content (AvgIpc) is 2.81. The van der Waals surface area contributed by atoms with Gasteiger partial charge in [-0.25, -0.2) is 0 Å². The summed E-state index contributed by atoms with van der Waals surface area (Å²) in [7, 11) is 0. The van der Waals surface area contributed by atoms with Crippen LogP contribution in [0.1, 0.15) is 27.4 Å². The quantitative estimate of drug-likeness (QED) is 0.467. The van der Waals surface area contributed by atoms with E-state index >= 15 is 0 Å². The summed E-state index contributed by atoms with van der Waals surface area (Å²) >= 11 is 0. The largest absolute Gasteiger partial charge is 0.325 e. The van der Waals surface area contributed by atoms with Gasteiger partial charge in [-0.3, -0.25) is 14.6 Å². The number of hydrogen-bond donors (Lipinski definition) is 2. The molecule has 0 unspecified atom stereocenters. The minimum Gasteiger partial charge on any atom is -0.325 e. The summed E-state index contributed by atoms with van der Waals surface area (Å²) in [6.45, 7) is 0. The smallest absolute Gasteiger partial charge is 0.257 e. The van der Waals surface area contributed by atoms with Gasteiger partial charge in [0, 0.05) is 23.8 Å². The first kappa shape index (κ1) is 20.0. The fourth-order valence-electron chi connectivity index (χ4n) is 3.38. The number of carbonyl (C=O) groups is 2. The summed E-state index contributed by atoms with van der Waals surface area (Å²) in [4.78, 5) is 29.6. The van der Waals surface area contributed by atoms with E-state index in [2.05, 4.69) is 15.6 Å². The van der Waals surface area contributed by atoms with E-state index in [4.69, 9.17) is 0 Å². The maximum atomic E-state index is 13.3. The highest BCUT2D eigenvalue weighted by Gasteiger charge is 2.22. The minimum atomic E-state index is -0.448. The molecule has 1 aromatic heterocycles. The van der Waals surface area contributed by atoms with Crippen molar-refractivity contribution in [3.8, 4) is 0 Å². The van der Waals surface area contributed by atoms with Crippen LogP contribution >= 0.6 is 0 Å². The number of hydrogen-bond acceptors (Lipinski definition) is 3. The molecule has 0 fully saturated rings. The van der Waals surface area contributed by atoms with Crippen LogP contribution in [-0.4, -0.2) is 16.8 Å². The molecule has 2 N–H and O–H groups in total. The number of carbonyl (C=O) groups excluding carboxylic acids is 2. The predicted molar refractivity (Wildman–Crippen MR) is 122 cm³/mol. The molecular weight excluding hydrogens is 386 g/mol. The van der Waals surface area contributed by atoms with Gasteiger partial charge in [-0.1, -0.05) is 66.7 Å². The van der Waals surface area contributed by atoms with Gasteiger partial charge in [0.1, 0.15) is 0 Å². The van der Waals surface area contributed by atoms with Crippen molar-refractivity contribution in [3.63, 3.8) is 0 Å². The fraction of sp³-hybridized carbons (Fsp3) is 0.0385. The number of amides is 2. The molecule has 5 nitrogen and oxygen atoms in total. The molecule has 4 rings (SSSR count). The van der Waals surface area contributed by atoms with Crippen LogP contribution in [0.3, 0.4) is 0 Å². The molecule has 0 aliphatic carbocycles.